The third-order valence-corrected chi connectivity index (χ3v) is 4.70. The predicted octanol–water partition coefficient (Wildman–Crippen LogP) is 1.73. The molecule has 0 saturated carbocycles. The molecule has 1 aromatic rings. The van der Waals surface area contributed by atoms with Crippen LogP contribution in [0.15, 0.2) is 23.1 Å². The van der Waals surface area contributed by atoms with Crippen LogP contribution in [0.5, 0.6) is 0 Å². The molecule has 0 radical (unpaired) electrons. The second-order valence-corrected chi connectivity index (χ2v) is 7.88. The Hall–Kier alpha value is -1.67. The van der Waals surface area contributed by atoms with Gasteiger partial charge in [0, 0.05) is 13.1 Å². The topological polar surface area (TPSA) is 78.5 Å². The molecule has 2 amide bonds. The summed E-state index contributed by atoms with van der Waals surface area (Å²) in [4.78, 5) is 13.5. The van der Waals surface area contributed by atoms with Gasteiger partial charge in [0.1, 0.15) is 5.82 Å². The quantitative estimate of drug-likeness (QED) is 0.886. The number of amides is 2. The molecule has 1 aromatic carbocycles. The molecule has 22 heavy (non-hydrogen) atoms. The average molecular weight is 329 g/mol. The van der Waals surface area contributed by atoms with Crippen LogP contribution in [-0.2, 0) is 15.4 Å². The molecule has 0 unspecified atom stereocenters. The number of rotatable bonds is 3. The molecule has 1 heterocycles. The average Bonchev–Trinajstić information content (AvgIpc) is 2.39. The van der Waals surface area contributed by atoms with Gasteiger partial charge >= 0.3 is 6.03 Å². The van der Waals surface area contributed by atoms with Gasteiger partial charge in [0.05, 0.1) is 4.90 Å². The minimum absolute atomic E-state index is 0.212. The number of carbonyl (C=O) groups excluding carboxylic acids is 1. The van der Waals surface area contributed by atoms with Crippen molar-refractivity contribution < 1.29 is 17.6 Å². The summed E-state index contributed by atoms with van der Waals surface area (Å²) in [7, 11) is -4.00. The molecule has 0 aromatic heterocycles. The van der Waals surface area contributed by atoms with Crippen molar-refractivity contribution in [2.24, 2.45) is 0 Å². The largest absolute Gasteiger partial charge is 0.337 e. The molecular weight excluding hydrogens is 309 g/mol. The molecular formula is C14H20FN3O3S. The lowest BCUT2D eigenvalue weighted by molar-refractivity contribution is 0.176. The van der Waals surface area contributed by atoms with E-state index in [9.17, 15) is 17.6 Å². The molecule has 0 atom stereocenters. The summed E-state index contributed by atoms with van der Waals surface area (Å²) in [5.41, 5.74) is 0.00851. The van der Waals surface area contributed by atoms with Crippen LogP contribution in [0.3, 0.4) is 0 Å². The van der Waals surface area contributed by atoms with Gasteiger partial charge < -0.3 is 5.32 Å². The fourth-order valence-electron chi connectivity index (χ4n) is 2.19. The zero-order valence-electron chi connectivity index (χ0n) is 12.8. The van der Waals surface area contributed by atoms with Crippen LogP contribution in [0.1, 0.15) is 32.8 Å². The molecule has 1 aliphatic heterocycles. The maximum atomic E-state index is 14.1. The van der Waals surface area contributed by atoms with Gasteiger partial charge in [0.25, 0.3) is 10.0 Å². The Labute approximate surface area is 129 Å². The number of hydrazine groups is 1. The molecule has 1 fully saturated rings. The summed E-state index contributed by atoms with van der Waals surface area (Å²) in [5.74, 6) is -0.585. The molecule has 122 valence electrons. The van der Waals surface area contributed by atoms with E-state index in [1.165, 1.54) is 12.1 Å². The van der Waals surface area contributed by atoms with Crippen molar-refractivity contribution in [2.75, 3.05) is 13.1 Å². The van der Waals surface area contributed by atoms with Crippen LogP contribution in [0.4, 0.5) is 9.18 Å². The SMILES string of the molecule is CC(C)(C)c1ccc(S(=O)(=O)NN2CCCNC2=O)cc1F. The van der Waals surface area contributed by atoms with E-state index in [0.717, 1.165) is 11.1 Å². The molecule has 1 saturated heterocycles. The second-order valence-electron chi connectivity index (χ2n) is 6.22. The van der Waals surface area contributed by atoms with E-state index in [0.29, 0.717) is 18.5 Å². The first-order valence-corrected chi connectivity index (χ1v) is 8.47. The number of nitrogens with one attached hydrogen (secondary N) is 2. The van der Waals surface area contributed by atoms with Crippen LogP contribution < -0.4 is 10.1 Å². The lowest BCUT2D eigenvalue weighted by Gasteiger charge is -2.27. The molecule has 1 aliphatic rings. The number of halogens is 1. The third kappa shape index (κ3) is 3.56. The molecule has 0 aliphatic carbocycles. The maximum Gasteiger partial charge on any atom is 0.332 e. The number of hydrogen-bond acceptors (Lipinski definition) is 3. The first kappa shape index (κ1) is 16.7. The second kappa shape index (κ2) is 5.85. The van der Waals surface area contributed by atoms with E-state index < -0.39 is 27.3 Å². The summed E-state index contributed by atoms with van der Waals surface area (Å²) < 4.78 is 38.7. The van der Waals surface area contributed by atoms with Crippen molar-refractivity contribution in [1.82, 2.24) is 15.2 Å². The highest BCUT2D eigenvalue weighted by Gasteiger charge is 2.26. The van der Waals surface area contributed by atoms with E-state index in [1.807, 2.05) is 20.8 Å². The summed E-state index contributed by atoms with van der Waals surface area (Å²) >= 11 is 0. The molecule has 2 N–H and O–H groups in total. The fraction of sp³-hybridized carbons (Fsp3) is 0.500. The smallest absolute Gasteiger partial charge is 0.332 e. The van der Waals surface area contributed by atoms with Crippen LogP contribution in [0, 0.1) is 5.82 Å². The Kier molecular flexibility index (Phi) is 4.44. The molecule has 0 spiro atoms. The maximum absolute atomic E-state index is 14.1. The summed E-state index contributed by atoms with van der Waals surface area (Å²) in [6.07, 6.45) is 0.631. The Morgan fingerprint density at radius 1 is 1.32 bits per heavy atom. The van der Waals surface area contributed by atoms with Crippen LogP contribution in [0.25, 0.3) is 0 Å². The minimum Gasteiger partial charge on any atom is -0.337 e. The fourth-order valence-corrected chi connectivity index (χ4v) is 3.26. The van der Waals surface area contributed by atoms with E-state index in [-0.39, 0.29) is 11.4 Å². The van der Waals surface area contributed by atoms with Gasteiger partial charge in [0.2, 0.25) is 0 Å². The van der Waals surface area contributed by atoms with Gasteiger partial charge in [-0.25, -0.2) is 22.6 Å². The Morgan fingerprint density at radius 3 is 2.55 bits per heavy atom. The summed E-state index contributed by atoms with van der Waals surface area (Å²) in [6, 6.07) is 3.26. The number of hydrogen-bond donors (Lipinski definition) is 2. The monoisotopic (exact) mass is 329 g/mol. The van der Waals surface area contributed by atoms with E-state index in [4.69, 9.17) is 0 Å². The van der Waals surface area contributed by atoms with Crippen molar-refractivity contribution in [2.45, 2.75) is 37.5 Å². The number of urea groups is 1. The van der Waals surface area contributed by atoms with Crippen molar-refractivity contribution in [1.29, 1.82) is 0 Å². The number of sulfonamides is 1. The van der Waals surface area contributed by atoms with E-state index in [2.05, 4.69) is 10.1 Å². The third-order valence-electron chi connectivity index (χ3n) is 3.37. The highest BCUT2D eigenvalue weighted by molar-refractivity contribution is 7.89. The Bertz CT molecular complexity index is 683. The van der Waals surface area contributed by atoms with Crippen molar-refractivity contribution in [3.8, 4) is 0 Å². The first-order chi connectivity index (χ1) is 10.1. The molecule has 2 rings (SSSR count). The van der Waals surface area contributed by atoms with Gasteiger partial charge in [-0.3, -0.25) is 0 Å². The van der Waals surface area contributed by atoms with Crippen LogP contribution in [-0.4, -0.2) is 32.5 Å². The molecule has 0 bridgehead atoms. The van der Waals surface area contributed by atoms with Crippen molar-refractivity contribution >= 4 is 16.1 Å². The van der Waals surface area contributed by atoms with Crippen molar-refractivity contribution in [3.63, 3.8) is 0 Å². The van der Waals surface area contributed by atoms with E-state index in [1.54, 1.807) is 0 Å². The normalized spacial score (nSPS) is 16.5. The number of carbonyl (C=O) groups is 1. The van der Waals surface area contributed by atoms with Gasteiger partial charge in [0.15, 0.2) is 0 Å². The van der Waals surface area contributed by atoms with Gasteiger partial charge in [-0.2, -0.15) is 0 Å². The lowest BCUT2D eigenvalue weighted by Crippen LogP contribution is -2.54. The standard InChI is InChI=1S/C14H20FN3O3S/c1-14(2,3)11-6-5-10(9-12(11)15)22(20,21)17-18-8-4-7-16-13(18)19/h5-6,9,17H,4,7-8H2,1-3H3,(H,16,19). The summed E-state index contributed by atoms with van der Waals surface area (Å²) in [5, 5.41) is 3.51. The van der Waals surface area contributed by atoms with E-state index >= 15 is 0 Å². The molecule has 6 nitrogen and oxygen atoms in total. The number of nitrogens with zero attached hydrogens (tertiary/aromatic N) is 1. The van der Waals surface area contributed by atoms with Crippen LogP contribution in [0.2, 0.25) is 0 Å². The Balaban J connectivity index is 2.26. The van der Waals surface area contributed by atoms with Crippen molar-refractivity contribution in [3.05, 3.63) is 29.6 Å². The number of benzene rings is 1. The lowest BCUT2D eigenvalue weighted by atomic mass is 9.87. The molecule has 8 heteroatoms. The first-order valence-electron chi connectivity index (χ1n) is 6.99. The predicted molar refractivity (Wildman–Crippen MR) is 80.1 cm³/mol. The van der Waals surface area contributed by atoms with Gasteiger partial charge in [-0.15, -0.1) is 4.83 Å². The Morgan fingerprint density at radius 2 is 2.00 bits per heavy atom. The summed E-state index contributed by atoms with van der Waals surface area (Å²) in [6.45, 7) is 6.31. The zero-order chi connectivity index (χ0) is 16.5. The van der Waals surface area contributed by atoms with Gasteiger partial charge in [-0.1, -0.05) is 26.8 Å². The highest BCUT2D eigenvalue weighted by atomic mass is 32.2. The van der Waals surface area contributed by atoms with Gasteiger partial charge in [-0.05, 0) is 29.5 Å². The zero-order valence-corrected chi connectivity index (χ0v) is 13.6. The highest BCUT2D eigenvalue weighted by Crippen LogP contribution is 2.26. The van der Waals surface area contributed by atoms with Crippen LogP contribution >= 0.6 is 0 Å². The minimum atomic E-state index is -4.00.